The number of phenols is 1. The van der Waals surface area contributed by atoms with E-state index in [-0.39, 0.29) is 87.1 Å². The largest absolute Gasteiger partial charge is 0.508 e. The van der Waals surface area contributed by atoms with Gasteiger partial charge in [0.25, 0.3) is 17.7 Å². The first-order valence-electron chi connectivity index (χ1n) is 20.8. The molecule has 0 aromatic heterocycles. The summed E-state index contributed by atoms with van der Waals surface area (Å²) in [5.41, 5.74) is 3.91. The van der Waals surface area contributed by atoms with E-state index >= 15 is 8.78 Å². The minimum Gasteiger partial charge on any atom is -0.508 e. The molecule has 11 nitrogen and oxygen atoms in total. The normalized spacial score (nSPS) is 24.4. The maximum atomic E-state index is 16.4. The minimum absolute atomic E-state index is 0.0388. The monoisotopic (exact) mass is 813 g/mol. The van der Waals surface area contributed by atoms with Crippen molar-refractivity contribution in [2.45, 2.75) is 80.8 Å². The van der Waals surface area contributed by atoms with Crippen molar-refractivity contribution in [2.24, 2.45) is 0 Å². The molecule has 5 amide bonds. The van der Waals surface area contributed by atoms with Crippen molar-refractivity contribution in [1.82, 2.24) is 20.0 Å². The lowest BCUT2D eigenvalue weighted by Crippen LogP contribution is -2.67. The Hall–Kier alpha value is -5.95. The van der Waals surface area contributed by atoms with Crippen molar-refractivity contribution >= 4 is 35.2 Å². The van der Waals surface area contributed by atoms with Gasteiger partial charge in [-0.2, -0.15) is 0 Å². The second-order valence-corrected chi connectivity index (χ2v) is 17.5. The molecule has 4 aromatic carbocycles. The van der Waals surface area contributed by atoms with E-state index in [2.05, 4.69) is 41.7 Å². The molecule has 2 N–H and O–H groups in total. The van der Waals surface area contributed by atoms with Crippen LogP contribution in [-0.2, 0) is 33.9 Å². The van der Waals surface area contributed by atoms with E-state index in [4.69, 9.17) is 0 Å². The molecule has 5 heterocycles. The van der Waals surface area contributed by atoms with Gasteiger partial charge >= 0.3 is 0 Å². The number of amides is 5. The quantitative estimate of drug-likeness (QED) is 0.233. The fourth-order valence-corrected chi connectivity index (χ4v) is 10.5. The van der Waals surface area contributed by atoms with Gasteiger partial charge in [-0.05, 0) is 95.0 Å². The van der Waals surface area contributed by atoms with E-state index in [9.17, 15) is 29.1 Å². The number of imide groups is 2. The second kappa shape index (κ2) is 14.4. The van der Waals surface area contributed by atoms with Crippen LogP contribution in [0.5, 0.6) is 5.75 Å². The Labute approximate surface area is 345 Å². The smallest absolute Gasteiger partial charge is 0.264 e. The van der Waals surface area contributed by atoms with E-state index in [0.29, 0.717) is 13.1 Å². The number of carbonyl (C=O) groups excluding carboxylic acids is 5. The second-order valence-electron chi connectivity index (χ2n) is 17.5. The maximum absolute atomic E-state index is 16.4. The molecule has 60 heavy (non-hydrogen) atoms. The Kier molecular flexibility index (Phi) is 9.16. The molecule has 0 saturated carbocycles. The Morgan fingerprint density at radius 2 is 1.43 bits per heavy atom. The zero-order valence-corrected chi connectivity index (χ0v) is 33.0. The fraction of sp³-hybridized carbons (Fsp3) is 0.383. The van der Waals surface area contributed by atoms with Gasteiger partial charge in [-0.3, -0.25) is 39.1 Å². The van der Waals surface area contributed by atoms with Crippen molar-refractivity contribution in [1.29, 1.82) is 0 Å². The number of nitrogens with one attached hydrogen (secondary N) is 1. The zero-order chi connectivity index (χ0) is 41.5. The van der Waals surface area contributed by atoms with Crippen LogP contribution < -0.4 is 10.2 Å². The molecular formula is C47H45F2N5O6. The van der Waals surface area contributed by atoms with Crippen LogP contribution in [0.15, 0.2) is 84.9 Å². The van der Waals surface area contributed by atoms with Gasteiger partial charge in [-0.15, -0.1) is 0 Å². The maximum Gasteiger partial charge on any atom is 0.264 e. The number of aromatic hydroxyl groups is 1. The average Bonchev–Trinajstić information content (AvgIpc) is 3.73. The Bertz CT molecular complexity index is 2400. The lowest BCUT2D eigenvalue weighted by molar-refractivity contribution is -0.149. The highest BCUT2D eigenvalue weighted by Crippen LogP contribution is 2.47. The van der Waals surface area contributed by atoms with E-state index in [1.807, 2.05) is 40.1 Å². The van der Waals surface area contributed by atoms with E-state index < -0.39 is 46.9 Å². The number of carbonyl (C=O) groups is 5. The Balaban J connectivity index is 0.743. The molecule has 1 aliphatic carbocycles. The first-order valence-corrected chi connectivity index (χ1v) is 20.8. The number of aryl methyl sites for hydroxylation is 1. The summed E-state index contributed by atoms with van der Waals surface area (Å²) < 4.78 is 32.5. The van der Waals surface area contributed by atoms with Crippen LogP contribution in [0.25, 0.3) is 0 Å². The van der Waals surface area contributed by atoms with Crippen LogP contribution in [-0.4, -0.2) is 99.4 Å². The number of hydrogen-bond donors (Lipinski definition) is 2. The summed E-state index contributed by atoms with van der Waals surface area (Å²) in [6.07, 6.45) is 2.07. The van der Waals surface area contributed by atoms with Gasteiger partial charge in [0.2, 0.25) is 17.5 Å². The molecule has 3 saturated heterocycles. The van der Waals surface area contributed by atoms with Crippen LogP contribution in [0, 0.1) is 0 Å². The van der Waals surface area contributed by atoms with E-state index in [1.165, 1.54) is 16.0 Å². The van der Waals surface area contributed by atoms with Gasteiger partial charge in [0.1, 0.15) is 17.5 Å². The number of benzene rings is 4. The number of phenolic OH excluding ortho intramolecular Hbond substituents is 1. The van der Waals surface area contributed by atoms with Crippen molar-refractivity contribution in [3.05, 3.63) is 129 Å². The number of hydrogen-bond acceptors (Lipinski definition) is 8. The molecular weight excluding hydrogens is 769 g/mol. The molecule has 3 fully saturated rings. The summed E-state index contributed by atoms with van der Waals surface area (Å²) in [5.74, 6) is -2.26. The Morgan fingerprint density at radius 3 is 2.08 bits per heavy atom. The van der Waals surface area contributed by atoms with Crippen LogP contribution >= 0.6 is 0 Å². The zero-order valence-electron chi connectivity index (χ0n) is 33.0. The molecule has 10 rings (SSSR count). The fourth-order valence-electron chi connectivity index (χ4n) is 10.5. The number of nitrogens with zero attached hydrogens (tertiary/aromatic N) is 4. The third-order valence-electron chi connectivity index (χ3n) is 13.7. The van der Waals surface area contributed by atoms with E-state index in [0.717, 1.165) is 45.7 Å². The minimum atomic E-state index is -2.06. The molecule has 6 aliphatic rings. The highest BCUT2D eigenvalue weighted by atomic mass is 19.1. The Morgan fingerprint density at radius 1 is 0.767 bits per heavy atom. The number of fused-ring (bicyclic) bond motifs is 3. The predicted octanol–water partition coefficient (Wildman–Crippen LogP) is 5.53. The summed E-state index contributed by atoms with van der Waals surface area (Å²) in [7, 11) is 0. The van der Waals surface area contributed by atoms with Crippen molar-refractivity contribution in [2.75, 3.05) is 37.6 Å². The summed E-state index contributed by atoms with van der Waals surface area (Å²) >= 11 is 0. The van der Waals surface area contributed by atoms with Crippen molar-refractivity contribution in [3.8, 4) is 5.75 Å². The van der Waals surface area contributed by atoms with Crippen molar-refractivity contribution < 1.29 is 37.9 Å². The molecule has 4 aromatic rings. The van der Waals surface area contributed by atoms with Crippen LogP contribution in [0.3, 0.4) is 0 Å². The van der Waals surface area contributed by atoms with Crippen LogP contribution in [0.1, 0.15) is 98.0 Å². The number of alkyl halides is 2. The third kappa shape index (κ3) is 6.54. The number of halogens is 2. The summed E-state index contributed by atoms with van der Waals surface area (Å²) in [6.45, 7) is 0.880. The lowest BCUT2D eigenvalue weighted by Gasteiger charge is -2.48. The summed E-state index contributed by atoms with van der Waals surface area (Å²) in [4.78, 5) is 70.4. The number of rotatable bonds is 7. The molecule has 0 spiro atoms. The lowest BCUT2D eigenvalue weighted by atomic mass is 9.69. The molecule has 1 unspecified atom stereocenters. The molecule has 0 radical (unpaired) electrons. The molecule has 13 heteroatoms. The highest BCUT2D eigenvalue weighted by molar-refractivity contribution is 6.23. The van der Waals surface area contributed by atoms with Gasteiger partial charge in [0.15, 0.2) is 0 Å². The average molecular weight is 814 g/mol. The van der Waals surface area contributed by atoms with Crippen LogP contribution in [0.2, 0.25) is 0 Å². The number of piperidine rings is 2. The van der Waals surface area contributed by atoms with Gasteiger partial charge in [-0.1, -0.05) is 48.5 Å². The molecule has 308 valence electrons. The highest BCUT2D eigenvalue weighted by Gasteiger charge is 2.53. The first kappa shape index (κ1) is 38.3. The standard InChI is InChI=1S/C47H45F2N5O6/c48-46(25-51-23-31-21-37-38(22-32(31)24-51)44(59)54(43(37)58)39-14-15-40(56)50-42(39)57)16-18-52(19-17-46)45(60)47(49)26-53(27-47)33-9-6-29(7-10-33)41-35(28-4-2-1-3-5-28)12-8-30-20-34(55)11-13-36(30)41/h1-7,9-11,13,20-22,35,39,41,55H,8,12,14-19,23-27H2,(H,50,56,57)/t35-,39?,41+/m1/s1. The molecule has 3 atom stereocenters. The summed E-state index contributed by atoms with van der Waals surface area (Å²) in [5, 5.41) is 12.4. The van der Waals surface area contributed by atoms with Gasteiger partial charge in [-0.25, -0.2) is 8.78 Å². The first-order chi connectivity index (χ1) is 28.9. The summed E-state index contributed by atoms with van der Waals surface area (Å²) in [6, 6.07) is 26.5. The van der Waals surface area contributed by atoms with Crippen LogP contribution in [0.4, 0.5) is 14.5 Å². The molecule has 5 aliphatic heterocycles. The number of anilines is 1. The van der Waals surface area contributed by atoms with Crippen molar-refractivity contribution in [3.63, 3.8) is 0 Å². The topological polar surface area (TPSA) is 131 Å². The van der Waals surface area contributed by atoms with Gasteiger partial charge < -0.3 is 14.9 Å². The predicted molar refractivity (Wildman–Crippen MR) is 217 cm³/mol. The van der Waals surface area contributed by atoms with Gasteiger partial charge in [0, 0.05) is 63.6 Å². The number of likely N-dealkylation sites (tertiary alicyclic amines) is 1. The molecule has 0 bridgehead atoms. The third-order valence-corrected chi connectivity index (χ3v) is 13.7. The SMILES string of the molecule is O=C1CCC(N2C(=O)c3cc4c(cc3C2=O)CN(CC2(F)CCN(C(=O)C3(F)CN(c5ccc([C@@H]6c7ccc(O)cc7CC[C@@H]6c6ccccc6)cc5)C3)CC2)C4)C(=O)N1. The van der Waals surface area contributed by atoms with Gasteiger partial charge in [0.05, 0.1) is 24.2 Å². The van der Waals surface area contributed by atoms with E-state index in [1.54, 1.807) is 18.2 Å².